The van der Waals surface area contributed by atoms with Crippen molar-refractivity contribution in [2.24, 2.45) is 11.8 Å². The molecule has 3 aliphatic carbocycles. The molecule has 62 valence electrons. The van der Waals surface area contributed by atoms with Crippen LogP contribution in [-0.2, 0) is 0 Å². The van der Waals surface area contributed by atoms with Crippen molar-refractivity contribution < 1.29 is 5.73 Å². The van der Waals surface area contributed by atoms with E-state index < -0.39 is 0 Å². The predicted octanol–water partition coefficient (Wildman–Crippen LogP) is 1.36. The molecule has 3 N–H and O–H groups in total. The highest BCUT2D eigenvalue weighted by Crippen LogP contribution is 2.41. The van der Waals surface area contributed by atoms with Crippen LogP contribution in [0.3, 0.4) is 0 Å². The Bertz CT molecular complexity index is 164. The zero-order valence-corrected chi connectivity index (χ0v) is 7.18. The first-order valence-electron chi connectivity index (χ1n) is 4.90. The number of hydrogen-bond acceptors (Lipinski definition) is 0. The lowest BCUT2D eigenvalue weighted by atomic mass is 9.71. The van der Waals surface area contributed by atoms with Gasteiger partial charge in [-0.3, -0.25) is 0 Å². The van der Waals surface area contributed by atoms with Crippen LogP contribution in [0.15, 0.2) is 11.6 Å². The highest BCUT2D eigenvalue weighted by Gasteiger charge is 2.28. The van der Waals surface area contributed by atoms with Gasteiger partial charge >= 0.3 is 0 Å². The fourth-order valence-electron chi connectivity index (χ4n) is 2.59. The normalized spacial score (nSPS) is 35.5. The highest BCUT2D eigenvalue weighted by molar-refractivity contribution is 5.15. The fraction of sp³-hybridized carbons (Fsp3) is 0.800. The standard InChI is InChI=1S/C10H17N/c11-6-5-10-7-8-1-3-9(10)4-2-8/h7-9H,1-6,11H2/p+1. The van der Waals surface area contributed by atoms with Crippen molar-refractivity contribution in [3.63, 3.8) is 0 Å². The van der Waals surface area contributed by atoms with E-state index >= 15 is 0 Å². The molecule has 3 aliphatic rings. The van der Waals surface area contributed by atoms with Crippen LogP contribution >= 0.6 is 0 Å². The Kier molecular flexibility index (Phi) is 1.99. The van der Waals surface area contributed by atoms with Gasteiger partial charge in [0.2, 0.25) is 0 Å². The van der Waals surface area contributed by atoms with Crippen molar-refractivity contribution in [2.75, 3.05) is 6.54 Å². The molecule has 0 saturated heterocycles. The summed E-state index contributed by atoms with van der Waals surface area (Å²) in [6.07, 6.45) is 9.67. The first-order valence-corrected chi connectivity index (χ1v) is 4.90. The number of fused-ring (bicyclic) bond motifs is 2. The first kappa shape index (κ1) is 7.35. The Morgan fingerprint density at radius 2 is 2.00 bits per heavy atom. The van der Waals surface area contributed by atoms with Crippen LogP contribution in [0.1, 0.15) is 32.1 Å². The quantitative estimate of drug-likeness (QED) is 0.579. The minimum Gasteiger partial charge on any atom is -0.357 e. The maximum atomic E-state index is 3.92. The topological polar surface area (TPSA) is 27.6 Å². The van der Waals surface area contributed by atoms with Crippen LogP contribution in [0.5, 0.6) is 0 Å². The summed E-state index contributed by atoms with van der Waals surface area (Å²) >= 11 is 0. The van der Waals surface area contributed by atoms with Gasteiger partial charge in [-0.05, 0) is 37.5 Å². The van der Waals surface area contributed by atoms with Gasteiger partial charge in [-0.25, -0.2) is 0 Å². The van der Waals surface area contributed by atoms with Crippen LogP contribution in [0.2, 0.25) is 0 Å². The van der Waals surface area contributed by atoms with Crippen LogP contribution in [0.4, 0.5) is 0 Å². The minimum absolute atomic E-state index is 0.946. The van der Waals surface area contributed by atoms with E-state index in [0.29, 0.717) is 0 Å². The fourth-order valence-corrected chi connectivity index (χ4v) is 2.59. The summed E-state index contributed by atoms with van der Waals surface area (Å²) in [5.41, 5.74) is 5.66. The lowest BCUT2D eigenvalue weighted by Gasteiger charge is -2.35. The average Bonchev–Trinajstić information content (AvgIpc) is 2.07. The highest BCUT2D eigenvalue weighted by atomic mass is 14.5. The molecule has 0 radical (unpaired) electrons. The summed E-state index contributed by atoms with van der Waals surface area (Å²) < 4.78 is 0. The van der Waals surface area contributed by atoms with Gasteiger partial charge in [-0.15, -0.1) is 0 Å². The Hall–Kier alpha value is -0.300. The van der Waals surface area contributed by atoms with Crippen molar-refractivity contribution in [1.82, 2.24) is 0 Å². The largest absolute Gasteiger partial charge is 0.357 e. The van der Waals surface area contributed by atoms with Gasteiger partial charge in [0.05, 0.1) is 6.54 Å². The Morgan fingerprint density at radius 3 is 2.45 bits per heavy atom. The molecule has 2 bridgehead atoms. The molecule has 1 fully saturated rings. The molecule has 0 aromatic carbocycles. The van der Waals surface area contributed by atoms with Crippen molar-refractivity contribution in [2.45, 2.75) is 32.1 Å². The zero-order chi connectivity index (χ0) is 7.68. The van der Waals surface area contributed by atoms with E-state index in [4.69, 9.17) is 0 Å². The maximum Gasteiger partial charge on any atom is 0.0777 e. The van der Waals surface area contributed by atoms with Gasteiger partial charge in [0, 0.05) is 6.42 Å². The van der Waals surface area contributed by atoms with E-state index in [1.165, 1.54) is 32.1 Å². The molecule has 11 heavy (non-hydrogen) atoms. The molecule has 0 spiro atoms. The third-order valence-electron chi connectivity index (χ3n) is 3.21. The molecule has 0 aliphatic heterocycles. The van der Waals surface area contributed by atoms with Crippen LogP contribution in [-0.4, -0.2) is 6.54 Å². The zero-order valence-electron chi connectivity index (χ0n) is 7.18. The smallest absolute Gasteiger partial charge is 0.0777 e. The Balaban J connectivity index is 2.08. The van der Waals surface area contributed by atoms with Crippen molar-refractivity contribution >= 4 is 0 Å². The molecule has 1 saturated carbocycles. The van der Waals surface area contributed by atoms with Crippen LogP contribution in [0, 0.1) is 11.8 Å². The third-order valence-corrected chi connectivity index (χ3v) is 3.21. The average molecular weight is 152 g/mol. The first-order chi connectivity index (χ1) is 5.40. The van der Waals surface area contributed by atoms with Gasteiger partial charge < -0.3 is 5.73 Å². The molecular weight excluding hydrogens is 134 g/mol. The number of allylic oxidation sites excluding steroid dienone is 1. The summed E-state index contributed by atoms with van der Waals surface area (Å²) in [6, 6.07) is 0. The van der Waals surface area contributed by atoms with E-state index in [9.17, 15) is 0 Å². The van der Waals surface area contributed by atoms with Crippen LogP contribution < -0.4 is 5.73 Å². The Labute approximate surface area is 68.7 Å². The molecule has 1 heteroatoms. The molecule has 0 aromatic rings. The van der Waals surface area contributed by atoms with Gasteiger partial charge in [-0.1, -0.05) is 11.6 Å². The summed E-state index contributed by atoms with van der Waals surface area (Å²) in [5.74, 6) is 1.91. The van der Waals surface area contributed by atoms with Gasteiger partial charge in [0.25, 0.3) is 0 Å². The second kappa shape index (κ2) is 2.98. The van der Waals surface area contributed by atoms with E-state index in [2.05, 4.69) is 11.8 Å². The monoisotopic (exact) mass is 152 g/mol. The summed E-state index contributed by atoms with van der Waals surface area (Å²) in [4.78, 5) is 0. The predicted molar refractivity (Wildman–Crippen MR) is 45.9 cm³/mol. The molecule has 0 aromatic heterocycles. The summed E-state index contributed by atoms with van der Waals surface area (Å²) in [5, 5.41) is 0. The maximum absolute atomic E-state index is 3.92. The molecule has 0 atom stereocenters. The van der Waals surface area contributed by atoms with Gasteiger partial charge in [0.15, 0.2) is 0 Å². The number of rotatable bonds is 2. The van der Waals surface area contributed by atoms with Crippen molar-refractivity contribution in [3.05, 3.63) is 11.6 Å². The lowest BCUT2D eigenvalue weighted by molar-refractivity contribution is -0.366. The molecule has 0 unspecified atom stereocenters. The van der Waals surface area contributed by atoms with E-state index in [0.717, 1.165) is 18.4 Å². The second-order valence-corrected chi connectivity index (χ2v) is 3.96. The van der Waals surface area contributed by atoms with Crippen LogP contribution in [0.25, 0.3) is 0 Å². The third kappa shape index (κ3) is 1.34. The minimum atomic E-state index is 0.946. The molecule has 0 heterocycles. The SMILES string of the molecule is [NH3+]CCC1=CC2CCC1CC2. The molecule has 1 nitrogen and oxygen atoms in total. The van der Waals surface area contributed by atoms with Gasteiger partial charge in [0.1, 0.15) is 0 Å². The van der Waals surface area contributed by atoms with Gasteiger partial charge in [-0.2, -0.15) is 0 Å². The summed E-state index contributed by atoms with van der Waals surface area (Å²) in [6.45, 7) is 1.09. The second-order valence-electron chi connectivity index (χ2n) is 3.96. The lowest BCUT2D eigenvalue weighted by Crippen LogP contribution is -2.50. The van der Waals surface area contributed by atoms with E-state index in [1.54, 1.807) is 5.57 Å². The number of hydrogen-bond donors (Lipinski definition) is 1. The van der Waals surface area contributed by atoms with E-state index in [-0.39, 0.29) is 0 Å². The number of quaternary nitrogens is 1. The molecular formula is C10H18N+. The summed E-state index contributed by atoms with van der Waals surface area (Å²) in [7, 11) is 0. The molecule has 0 amide bonds. The Morgan fingerprint density at radius 1 is 1.27 bits per heavy atom. The van der Waals surface area contributed by atoms with E-state index in [1.807, 2.05) is 0 Å². The van der Waals surface area contributed by atoms with Crippen molar-refractivity contribution in [3.8, 4) is 0 Å². The van der Waals surface area contributed by atoms with Crippen molar-refractivity contribution in [1.29, 1.82) is 0 Å². The molecule has 3 rings (SSSR count).